The fourth-order valence-corrected chi connectivity index (χ4v) is 6.67. The zero-order chi connectivity index (χ0) is 39.1. The van der Waals surface area contributed by atoms with Crippen LogP contribution in [0, 0.1) is 5.92 Å². The molecule has 0 aliphatic carbocycles. The molecule has 2 fully saturated rings. The first-order valence-electron chi connectivity index (χ1n) is 17.3. The minimum atomic E-state index is -1.81. The summed E-state index contributed by atoms with van der Waals surface area (Å²) in [5, 5.41) is 14.6. The molecule has 3 amide bonds. The van der Waals surface area contributed by atoms with Crippen LogP contribution in [-0.4, -0.2) is 110 Å². The lowest BCUT2D eigenvalue weighted by Gasteiger charge is -2.42. The SMILES string of the molecule is COc1cc(C/C(C)=C/C=C/C(OC)C2(O)CC(C(C)C3OC3(C)C(C)OC(=O)C(C)N(C)C(=O)CCC(C)S)OC(=O)N2)cc(N(C)C=O)c1Cl. The van der Waals surface area contributed by atoms with E-state index in [0.29, 0.717) is 35.7 Å². The molecule has 0 aromatic heterocycles. The van der Waals surface area contributed by atoms with Crippen LogP contribution in [0.1, 0.15) is 66.4 Å². The van der Waals surface area contributed by atoms with Crippen molar-refractivity contribution in [2.75, 3.05) is 33.2 Å². The summed E-state index contributed by atoms with van der Waals surface area (Å²) in [6, 6.07) is 2.82. The van der Waals surface area contributed by atoms with Crippen molar-refractivity contribution < 1.29 is 48.0 Å². The van der Waals surface area contributed by atoms with E-state index in [-0.39, 0.29) is 24.0 Å². The number of carbonyl (C=O) groups is 4. The number of rotatable bonds is 18. The predicted octanol–water partition coefficient (Wildman–Crippen LogP) is 4.86. The summed E-state index contributed by atoms with van der Waals surface area (Å²) in [6.07, 6.45) is 3.63. The number of benzene rings is 1. The van der Waals surface area contributed by atoms with Gasteiger partial charge in [0.15, 0.2) is 5.72 Å². The maximum Gasteiger partial charge on any atom is 0.409 e. The van der Waals surface area contributed by atoms with Gasteiger partial charge in [-0.25, -0.2) is 9.59 Å². The number of likely N-dealkylation sites (N-methyl/N-ethyl adjacent to an activating group) is 1. The van der Waals surface area contributed by atoms with E-state index in [2.05, 4.69) is 17.9 Å². The average molecular weight is 768 g/mol. The molecule has 52 heavy (non-hydrogen) atoms. The number of esters is 1. The van der Waals surface area contributed by atoms with Gasteiger partial charge in [0.1, 0.15) is 40.7 Å². The summed E-state index contributed by atoms with van der Waals surface area (Å²) in [7, 11) is 6.11. The van der Waals surface area contributed by atoms with Gasteiger partial charge < -0.3 is 38.6 Å². The molecule has 13 nitrogen and oxygen atoms in total. The van der Waals surface area contributed by atoms with Crippen molar-refractivity contribution in [3.05, 3.63) is 46.5 Å². The van der Waals surface area contributed by atoms with Crippen LogP contribution in [0.15, 0.2) is 35.9 Å². The van der Waals surface area contributed by atoms with Gasteiger partial charge in [-0.1, -0.05) is 49.2 Å². The summed E-state index contributed by atoms with van der Waals surface area (Å²) >= 11 is 10.7. The number of nitrogens with one attached hydrogen (secondary N) is 1. The Morgan fingerprint density at radius 1 is 1.21 bits per heavy atom. The number of hydrogen-bond acceptors (Lipinski definition) is 11. The number of allylic oxidation sites excluding steroid dienone is 3. The molecule has 1 aromatic carbocycles. The molecule has 2 aliphatic heterocycles. The third-order valence-electron chi connectivity index (χ3n) is 9.95. The smallest absolute Gasteiger partial charge is 0.409 e. The number of halogens is 1. The van der Waals surface area contributed by atoms with E-state index in [0.717, 1.165) is 11.1 Å². The highest BCUT2D eigenvalue weighted by Gasteiger charge is 2.63. The molecule has 9 unspecified atom stereocenters. The van der Waals surface area contributed by atoms with E-state index in [9.17, 15) is 24.3 Å². The molecule has 9 atom stereocenters. The van der Waals surface area contributed by atoms with Crippen molar-refractivity contribution in [1.82, 2.24) is 10.2 Å². The Morgan fingerprint density at radius 2 is 1.88 bits per heavy atom. The lowest BCUT2D eigenvalue weighted by atomic mass is 9.84. The van der Waals surface area contributed by atoms with Gasteiger partial charge in [0.05, 0.1) is 18.9 Å². The highest BCUT2D eigenvalue weighted by molar-refractivity contribution is 7.80. The van der Waals surface area contributed by atoms with Crippen molar-refractivity contribution in [1.29, 1.82) is 0 Å². The third kappa shape index (κ3) is 10.4. The number of thiol groups is 1. The summed E-state index contributed by atoms with van der Waals surface area (Å²) in [4.78, 5) is 52.4. The van der Waals surface area contributed by atoms with E-state index >= 15 is 0 Å². The fourth-order valence-electron chi connectivity index (χ4n) is 6.22. The first-order valence-corrected chi connectivity index (χ1v) is 18.2. The second-order valence-electron chi connectivity index (χ2n) is 14.0. The molecule has 0 spiro atoms. The first-order chi connectivity index (χ1) is 24.3. The molecule has 2 heterocycles. The maximum atomic E-state index is 13.0. The summed E-state index contributed by atoms with van der Waals surface area (Å²) in [5.41, 5.74) is -0.356. The van der Waals surface area contributed by atoms with Crippen LogP contribution in [-0.2, 0) is 39.8 Å². The second kappa shape index (κ2) is 18.2. The van der Waals surface area contributed by atoms with Gasteiger partial charge in [-0.2, -0.15) is 12.6 Å². The maximum absolute atomic E-state index is 13.0. The summed E-state index contributed by atoms with van der Waals surface area (Å²) in [6.45, 7) is 10.8. The molecule has 0 bridgehead atoms. The number of alkyl carbamates (subject to hydrolysis) is 1. The molecule has 290 valence electrons. The van der Waals surface area contributed by atoms with E-state index < -0.39 is 59.8 Å². The molecule has 1 aromatic rings. The molecule has 0 radical (unpaired) electrons. The number of anilines is 1. The number of nitrogens with zero attached hydrogens (tertiary/aromatic N) is 2. The van der Waals surface area contributed by atoms with Gasteiger partial charge >= 0.3 is 12.1 Å². The Bertz CT molecular complexity index is 1520. The molecule has 0 saturated carbocycles. The van der Waals surface area contributed by atoms with Crippen molar-refractivity contribution >= 4 is 54.3 Å². The second-order valence-corrected chi connectivity index (χ2v) is 15.3. The predicted molar refractivity (Wildman–Crippen MR) is 201 cm³/mol. The number of epoxide rings is 1. The minimum absolute atomic E-state index is 0.0119. The number of hydrogen-bond donors (Lipinski definition) is 3. The van der Waals surface area contributed by atoms with Gasteiger partial charge in [0, 0.05) is 40.0 Å². The summed E-state index contributed by atoms with van der Waals surface area (Å²) < 4.78 is 28.5. The lowest BCUT2D eigenvalue weighted by Crippen LogP contribution is -2.63. The first kappa shape index (κ1) is 43.1. The topological polar surface area (TPSA) is 156 Å². The third-order valence-corrected chi connectivity index (χ3v) is 10.6. The van der Waals surface area contributed by atoms with Crippen LogP contribution in [0.3, 0.4) is 0 Å². The van der Waals surface area contributed by atoms with E-state index in [1.165, 1.54) is 24.0 Å². The van der Waals surface area contributed by atoms with E-state index in [1.807, 2.05) is 39.8 Å². The number of aliphatic hydroxyl groups is 1. The molecule has 2 N–H and O–H groups in total. The van der Waals surface area contributed by atoms with Crippen molar-refractivity contribution in [2.45, 2.75) is 114 Å². The van der Waals surface area contributed by atoms with Crippen LogP contribution >= 0.6 is 24.2 Å². The van der Waals surface area contributed by atoms with Gasteiger partial charge in [0.2, 0.25) is 12.3 Å². The van der Waals surface area contributed by atoms with Crippen LogP contribution in [0.2, 0.25) is 5.02 Å². The molecule has 3 rings (SSSR count). The van der Waals surface area contributed by atoms with Crippen molar-refractivity contribution in [3.8, 4) is 5.75 Å². The quantitative estimate of drug-likeness (QED) is 0.0620. The monoisotopic (exact) mass is 767 g/mol. The Labute approximate surface area is 317 Å². The number of cyclic esters (lactones) is 1. The van der Waals surface area contributed by atoms with Crippen molar-refractivity contribution in [3.63, 3.8) is 0 Å². The van der Waals surface area contributed by atoms with Gasteiger partial charge in [-0.3, -0.25) is 14.9 Å². The van der Waals surface area contributed by atoms with Gasteiger partial charge in [-0.15, -0.1) is 0 Å². The number of ether oxygens (including phenoxy) is 5. The van der Waals surface area contributed by atoms with Crippen molar-refractivity contribution in [2.24, 2.45) is 5.92 Å². The molecule has 2 aliphatic rings. The Hall–Kier alpha value is -3.30. The zero-order valence-electron chi connectivity index (χ0n) is 31.7. The fraction of sp³-hybridized carbons (Fsp3) is 0.622. The standard InChI is InChI=1S/C37H54ClN3O10S/c1-21(16-26-17-27(40(7)20-42)32(38)28(18-26)47-9)12-11-13-30(48-10)37(46)19-29(50-35(45)39-37)23(3)33-36(6,51-33)25(5)49-34(44)24(4)41(8)31(43)15-14-22(2)52/h11-13,17-18,20,22-25,29-30,33,46,52H,14-16,19H2,1-10H3,(H,39,45)/b13-11+,21-12+. The Balaban J connectivity index is 1.66. The Morgan fingerprint density at radius 3 is 2.48 bits per heavy atom. The normalized spacial score (nSPS) is 25.9. The molecular weight excluding hydrogens is 714 g/mol. The number of methoxy groups -OCH3 is 2. The Kier molecular flexibility index (Phi) is 15.0. The highest BCUT2D eigenvalue weighted by Crippen LogP contribution is 2.48. The zero-order valence-corrected chi connectivity index (χ0v) is 33.3. The lowest BCUT2D eigenvalue weighted by molar-refractivity contribution is -0.160. The average Bonchev–Trinajstić information content (AvgIpc) is 3.80. The summed E-state index contributed by atoms with van der Waals surface area (Å²) in [5.74, 6) is -0.682. The van der Waals surface area contributed by atoms with Crippen LogP contribution in [0.25, 0.3) is 0 Å². The number of carbonyl (C=O) groups excluding carboxylic acids is 4. The molecular formula is C37H54ClN3O10S. The largest absolute Gasteiger partial charge is 0.495 e. The molecule has 15 heteroatoms. The van der Waals surface area contributed by atoms with Crippen LogP contribution < -0.4 is 15.0 Å². The van der Waals surface area contributed by atoms with Crippen LogP contribution in [0.5, 0.6) is 5.75 Å². The van der Waals surface area contributed by atoms with E-state index in [4.69, 9.17) is 35.3 Å². The number of amides is 3. The highest BCUT2D eigenvalue weighted by atomic mass is 35.5. The molecule has 2 saturated heterocycles. The van der Waals surface area contributed by atoms with Gasteiger partial charge in [0.25, 0.3) is 0 Å². The van der Waals surface area contributed by atoms with Gasteiger partial charge in [-0.05, 0) is 63.5 Å². The minimum Gasteiger partial charge on any atom is -0.495 e. The van der Waals surface area contributed by atoms with E-state index in [1.54, 1.807) is 46.2 Å². The van der Waals surface area contributed by atoms with Crippen LogP contribution in [0.4, 0.5) is 10.5 Å².